The van der Waals surface area contributed by atoms with Gasteiger partial charge in [-0.15, -0.1) is 0 Å². The van der Waals surface area contributed by atoms with Crippen LogP contribution in [0, 0.1) is 0 Å². The van der Waals surface area contributed by atoms with Crippen LogP contribution in [0.15, 0.2) is 41.0 Å². The van der Waals surface area contributed by atoms with Crippen molar-refractivity contribution in [1.29, 1.82) is 0 Å². The average Bonchev–Trinajstić information content (AvgIpc) is 3.28. The summed E-state index contributed by atoms with van der Waals surface area (Å²) >= 11 is 0. The van der Waals surface area contributed by atoms with E-state index in [2.05, 4.69) is 10.2 Å². The zero-order valence-electron chi connectivity index (χ0n) is 19.2. The lowest BCUT2D eigenvalue weighted by Gasteiger charge is -2.30. The van der Waals surface area contributed by atoms with Crippen molar-refractivity contribution >= 4 is 29.1 Å². The molecule has 2 fully saturated rings. The molecule has 2 aliphatic heterocycles. The van der Waals surface area contributed by atoms with Gasteiger partial charge in [-0.05, 0) is 56.0 Å². The second kappa shape index (κ2) is 10.6. The minimum absolute atomic E-state index is 0.00469. The molecule has 3 heterocycles. The second-order valence-corrected chi connectivity index (χ2v) is 8.60. The highest BCUT2D eigenvalue weighted by atomic mass is 16.3. The summed E-state index contributed by atoms with van der Waals surface area (Å²) in [6.45, 7) is 5.86. The predicted octanol–water partition coefficient (Wildman–Crippen LogP) is 3.61. The zero-order valence-corrected chi connectivity index (χ0v) is 19.2. The fourth-order valence-corrected chi connectivity index (χ4v) is 4.50. The van der Waals surface area contributed by atoms with E-state index in [4.69, 9.17) is 4.42 Å². The van der Waals surface area contributed by atoms with Gasteiger partial charge in [-0.1, -0.05) is 6.92 Å². The molecule has 0 bridgehead atoms. The fourth-order valence-electron chi connectivity index (χ4n) is 4.50. The molecule has 2 saturated heterocycles. The molecular weight excluding hydrogens is 420 g/mol. The maximum atomic E-state index is 13.5. The van der Waals surface area contributed by atoms with Crippen molar-refractivity contribution in [2.75, 3.05) is 49.5 Å². The van der Waals surface area contributed by atoms with Gasteiger partial charge in [0.1, 0.15) is 0 Å². The van der Waals surface area contributed by atoms with E-state index >= 15 is 0 Å². The molecule has 0 radical (unpaired) electrons. The van der Waals surface area contributed by atoms with Crippen molar-refractivity contribution in [1.82, 2.24) is 9.80 Å². The molecule has 0 unspecified atom stereocenters. The van der Waals surface area contributed by atoms with Gasteiger partial charge in [-0.25, -0.2) is 0 Å². The number of nitrogens with one attached hydrogen (secondary N) is 1. The second-order valence-electron chi connectivity index (χ2n) is 8.60. The number of carbonyl (C=O) groups is 3. The van der Waals surface area contributed by atoms with Crippen LogP contribution in [0.2, 0.25) is 0 Å². The summed E-state index contributed by atoms with van der Waals surface area (Å²) in [6.07, 6.45) is 5.85. The van der Waals surface area contributed by atoms with E-state index in [1.807, 2.05) is 17.0 Å². The fraction of sp³-hybridized carbons (Fsp3) is 0.480. The van der Waals surface area contributed by atoms with Gasteiger partial charge in [0.15, 0.2) is 5.76 Å². The molecule has 176 valence electrons. The zero-order chi connectivity index (χ0) is 23.2. The van der Waals surface area contributed by atoms with Crippen LogP contribution in [0.1, 0.15) is 59.9 Å². The van der Waals surface area contributed by atoms with Crippen molar-refractivity contribution in [3.05, 3.63) is 47.9 Å². The Hall–Kier alpha value is -3.29. The third-order valence-corrected chi connectivity index (χ3v) is 6.33. The van der Waals surface area contributed by atoms with Gasteiger partial charge in [0, 0.05) is 57.1 Å². The predicted molar refractivity (Wildman–Crippen MR) is 127 cm³/mol. The molecule has 4 rings (SSSR count). The topological polar surface area (TPSA) is 86.1 Å². The Labute approximate surface area is 194 Å². The van der Waals surface area contributed by atoms with Gasteiger partial charge < -0.3 is 24.4 Å². The molecule has 0 atom stereocenters. The number of hydrogen-bond donors (Lipinski definition) is 1. The summed E-state index contributed by atoms with van der Waals surface area (Å²) in [5.74, 6) is 0.163. The molecule has 0 saturated carbocycles. The first kappa shape index (κ1) is 22.9. The number of nitrogens with zero attached hydrogens (tertiary/aromatic N) is 3. The average molecular weight is 453 g/mol. The summed E-state index contributed by atoms with van der Waals surface area (Å²) in [7, 11) is 0. The minimum atomic E-state index is -0.107. The van der Waals surface area contributed by atoms with Gasteiger partial charge in [0.2, 0.25) is 5.91 Å². The number of hydrogen-bond acceptors (Lipinski definition) is 5. The summed E-state index contributed by atoms with van der Waals surface area (Å²) in [5, 5.41) is 2.88. The monoisotopic (exact) mass is 452 g/mol. The van der Waals surface area contributed by atoms with E-state index < -0.39 is 0 Å². The van der Waals surface area contributed by atoms with Crippen LogP contribution < -0.4 is 10.2 Å². The highest BCUT2D eigenvalue weighted by Crippen LogP contribution is 2.28. The smallest absolute Gasteiger partial charge is 0.289 e. The first-order chi connectivity index (χ1) is 16.1. The van der Waals surface area contributed by atoms with Gasteiger partial charge in [-0.2, -0.15) is 0 Å². The van der Waals surface area contributed by atoms with Crippen molar-refractivity contribution < 1.29 is 18.8 Å². The van der Waals surface area contributed by atoms with Crippen LogP contribution in [0.5, 0.6) is 0 Å². The lowest BCUT2D eigenvalue weighted by molar-refractivity contribution is -0.115. The van der Waals surface area contributed by atoms with Crippen LogP contribution in [-0.4, -0.2) is 66.8 Å². The molecule has 8 nitrogen and oxygen atoms in total. The Balaban J connectivity index is 1.56. The molecule has 1 N–H and O–H groups in total. The first-order valence-electron chi connectivity index (χ1n) is 11.9. The van der Waals surface area contributed by atoms with Gasteiger partial charge >= 0.3 is 0 Å². The maximum Gasteiger partial charge on any atom is 0.289 e. The molecule has 3 amide bonds. The first-order valence-corrected chi connectivity index (χ1v) is 11.9. The SMILES string of the molecule is CCC(=O)Nc1ccc(N2CCCN(C(=O)c3ccco3)CC2)c(C(=O)N2CCCCC2)c1. The van der Waals surface area contributed by atoms with Crippen LogP contribution >= 0.6 is 0 Å². The molecule has 33 heavy (non-hydrogen) atoms. The van der Waals surface area contributed by atoms with Crippen LogP contribution in [0.25, 0.3) is 0 Å². The number of anilines is 2. The third kappa shape index (κ3) is 5.38. The van der Waals surface area contributed by atoms with E-state index in [1.54, 1.807) is 30.0 Å². The Morgan fingerprint density at radius 1 is 0.879 bits per heavy atom. The number of rotatable bonds is 5. The van der Waals surface area contributed by atoms with Crippen LogP contribution in [0.3, 0.4) is 0 Å². The van der Waals surface area contributed by atoms with E-state index in [-0.39, 0.29) is 17.7 Å². The number of amides is 3. The van der Waals surface area contributed by atoms with E-state index in [0.29, 0.717) is 43.1 Å². The quantitative estimate of drug-likeness (QED) is 0.749. The van der Waals surface area contributed by atoms with Crippen LogP contribution in [-0.2, 0) is 4.79 Å². The highest BCUT2D eigenvalue weighted by Gasteiger charge is 2.27. The largest absolute Gasteiger partial charge is 0.459 e. The maximum absolute atomic E-state index is 13.5. The summed E-state index contributed by atoms with van der Waals surface area (Å²) in [6, 6.07) is 8.98. The van der Waals surface area contributed by atoms with E-state index in [1.165, 1.54) is 6.26 Å². The number of likely N-dealkylation sites (tertiary alicyclic amines) is 1. The van der Waals surface area contributed by atoms with Gasteiger partial charge in [0.05, 0.1) is 11.8 Å². The summed E-state index contributed by atoms with van der Waals surface area (Å²) in [4.78, 5) is 44.1. The number of furan rings is 1. The Kier molecular flexibility index (Phi) is 7.32. The van der Waals surface area contributed by atoms with Gasteiger partial charge in [0.25, 0.3) is 11.8 Å². The highest BCUT2D eigenvalue weighted by molar-refractivity contribution is 6.02. The number of carbonyl (C=O) groups excluding carboxylic acids is 3. The number of benzene rings is 1. The summed E-state index contributed by atoms with van der Waals surface area (Å²) in [5.41, 5.74) is 2.10. The summed E-state index contributed by atoms with van der Waals surface area (Å²) < 4.78 is 5.28. The Morgan fingerprint density at radius 2 is 1.64 bits per heavy atom. The molecule has 2 aromatic rings. The molecule has 2 aliphatic rings. The van der Waals surface area contributed by atoms with E-state index in [9.17, 15) is 14.4 Å². The number of piperidine rings is 1. The van der Waals surface area contributed by atoms with Crippen molar-refractivity contribution in [3.63, 3.8) is 0 Å². The standard InChI is InChI=1S/C25H32N4O4/c1-2-23(30)26-19-9-10-21(20(18-19)24(31)28-11-4-3-5-12-28)27-13-7-14-29(16-15-27)25(32)22-8-6-17-33-22/h6,8-10,17-18H,2-5,7,11-16H2,1H3,(H,26,30). The minimum Gasteiger partial charge on any atom is -0.459 e. The third-order valence-electron chi connectivity index (χ3n) is 6.33. The Morgan fingerprint density at radius 3 is 2.36 bits per heavy atom. The van der Waals surface area contributed by atoms with Crippen molar-refractivity contribution in [2.24, 2.45) is 0 Å². The molecule has 0 aliphatic carbocycles. The van der Waals surface area contributed by atoms with Crippen molar-refractivity contribution in [3.8, 4) is 0 Å². The lowest BCUT2D eigenvalue weighted by Crippen LogP contribution is -2.38. The molecule has 1 aromatic carbocycles. The lowest BCUT2D eigenvalue weighted by atomic mass is 10.1. The molecule has 8 heteroatoms. The van der Waals surface area contributed by atoms with Crippen molar-refractivity contribution in [2.45, 2.75) is 39.0 Å². The molecule has 1 aromatic heterocycles. The molecular formula is C25H32N4O4. The van der Waals surface area contributed by atoms with Crippen LogP contribution in [0.4, 0.5) is 11.4 Å². The Bertz CT molecular complexity index is 982. The molecule has 0 spiro atoms. The van der Waals surface area contributed by atoms with E-state index in [0.717, 1.165) is 51.0 Å². The van der Waals surface area contributed by atoms with Gasteiger partial charge in [-0.3, -0.25) is 14.4 Å². The normalized spacial score (nSPS) is 16.9.